The molecule has 2 nitrogen and oxygen atoms in total. The first-order valence-corrected chi connectivity index (χ1v) is 6.43. The molecule has 0 N–H and O–H groups in total. The van der Waals surface area contributed by atoms with E-state index in [9.17, 15) is 4.79 Å². The van der Waals surface area contributed by atoms with Crippen molar-refractivity contribution in [3.05, 3.63) is 0 Å². The first-order chi connectivity index (χ1) is 7.14. The number of amides is 1. The second-order valence-corrected chi connectivity index (χ2v) is 5.73. The fourth-order valence-electron chi connectivity index (χ4n) is 2.87. The zero-order valence-corrected chi connectivity index (χ0v) is 10.1. The highest BCUT2D eigenvalue weighted by molar-refractivity contribution is 5.85. The van der Waals surface area contributed by atoms with Gasteiger partial charge in [-0.15, -0.1) is 0 Å². The monoisotopic (exact) mass is 209 g/mol. The van der Waals surface area contributed by atoms with Crippen LogP contribution in [0.3, 0.4) is 0 Å². The van der Waals surface area contributed by atoms with E-state index in [-0.39, 0.29) is 5.41 Å². The average Bonchev–Trinajstić information content (AvgIpc) is 2.98. The Bertz CT molecular complexity index is 237. The van der Waals surface area contributed by atoms with Crippen molar-refractivity contribution in [1.82, 2.24) is 4.90 Å². The molecule has 1 aliphatic carbocycles. The Hall–Kier alpha value is -0.530. The molecule has 0 aromatic carbocycles. The lowest BCUT2D eigenvalue weighted by Crippen LogP contribution is -2.41. The first kappa shape index (κ1) is 11.0. The fraction of sp³-hybridized carbons (Fsp3) is 0.923. The number of hydrogen-bond acceptors (Lipinski definition) is 1. The number of rotatable bonds is 3. The molecular weight excluding hydrogens is 186 g/mol. The maximum Gasteiger partial charge on any atom is 0.228 e. The second-order valence-electron chi connectivity index (χ2n) is 5.73. The van der Waals surface area contributed by atoms with Crippen molar-refractivity contribution in [2.75, 3.05) is 13.1 Å². The van der Waals surface area contributed by atoms with E-state index in [1.807, 2.05) is 0 Å². The fourth-order valence-corrected chi connectivity index (χ4v) is 2.87. The predicted molar refractivity (Wildman–Crippen MR) is 61.6 cm³/mol. The molecule has 86 valence electrons. The van der Waals surface area contributed by atoms with Gasteiger partial charge in [0.2, 0.25) is 5.91 Å². The number of hydrogen-bond donors (Lipinski definition) is 0. The van der Waals surface area contributed by atoms with Crippen LogP contribution in [0, 0.1) is 11.3 Å². The van der Waals surface area contributed by atoms with E-state index in [4.69, 9.17) is 0 Å². The van der Waals surface area contributed by atoms with E-state index >= 15 is 0 Å². The largest absolute Gasteiger partial charge is 0.342 e. The maximum atomic E-state index is 12.3. The lowest BCUT2D eigenvalue weighted by atomic mass is 9.92. The normalized spacial score (nSPS) is 24.3. The van der Waals surface area contributed by atoms with Crippen LogP contribution in [0.25, 0.3) is 0 Å². The summed E-state index contributed by atoms with van der Waals surface area (Å²) in [5.74, 6) is 1.12. The molecule has 0 atom stereocenters. The van der Waals surface area contributed by atoms with Gasteiger partial charge in [-0.25, -0.2) is 0 Å². The Kier molecular flexibility index (Phi) is 3.03. The minimum Gasteiger partial charge on any atom is -0.342 e. The number of carbonyl (C=O) groups excluding carboxylic acids is 1. The van der Waals surface area contributed by atoms with Crippen molar-refractivity contribution in [2.24, 2.45) is 11.3 Å². The molecule has 0 aromatic rings. The van der Waals surface area contributed by atoms with Gasteiger partial charge in [0.25, 0.3) is 0 Å². The first-order valence-electron chi connectivity index (χ1n) is 6.43. The van der Waals surface area contributed by atoms with Crippen LogP contribution in [0.1, 0.15) is 52.4 Å². The van der Waals surface area contributed by atoms with Crippen LogP contribution in [0.2, 0.25) is 0 Å². The SMILES string of the molecule is CC(C)CC1(C(=O)N2CCCCC2)CC1. The van der Waals surface area contributed by atoms with Crippen molar-refractivity contribution >= 4 is 5.91 Å². The topological polar surface area (TPSA) is 20.3 Å². The second kappa shape index (κ2) is 4.15. The predicted octanol–water partition coefficient (Wildman–Crippen LogP) is 2.83. The summed E-state index contributed by atoms with van der Waals surface area (Å²) >= 11 is 0. The van der Waals surface area contributed by atoms with Gasteiger partial charge in [0.15, 0.2) is 0 Å². The van der Waals surface area contributed by atoms with E-state index in [2.05, 4.69) is 18.7 Å². The summed E-state index contributed by atoms with van der Waals surface area (Å²) in [4.78, 5) is 14.5. The minimum absolute atomic E-state index is 0.0749. The third-order valence-electron chi connectivity index (χ3n) is 3.75. The van der Waals surface area contributed by atoms with Gasteiger partial charge in [0.1, 0.15) is 0 Å². The van der Waals surface area contributed by atoms with E-state index in [0.29, 0.717) is 11.8 Å². The molecule has 2 aliphatic rings. The minimum atomic E-state index is 0.0749. The Morgan fingerprint density at radius 2 is 1.80 bits per heavy atom. The van der Waals surface area contributed by atoms with Gasteiger partial charge in [0, 0.05) is 18.5 Å². The third-order valence-corrected chi connectivity index (χ3v) is 3.75. The maximum absolute atomic E-state index is 12.3. The van der Waals surface area contributed by atoms with Crippen LogP contribution in [0.15, 0.2) is 0 Å². The molecule has 2 rings (SSSR count). The number of likely N-dealkylation sites (tertiary alicyclic amines) is 1. The lowest BCUT2D eigenvalue weighted by molar-refractivity contribution is -0.138. The van der Waals surface area contributed by atoms with Crippen LogP contribution in [0.5, 0.6) is 0 Å². The number of carbonyl (C=O) groups is 1. The molecule has 0 aromatic heterocycles. The van der Waals surface area contributed by atoms with Gasteiger partial charge in [-0.3, -0.25) is 4.79 Å². The summed E-state index contributed by atoms with van der Waals surface area (Å²) in [6, 6.07) is 0. The van der Waals surface area contributed by atoms with E-state index in [1.165, 1.54) is 19.3 Å². The number of nitrogens with zero attached hydrogens (tertiary/aromatic N) is 1. The molecule has 0 spiro atoms. The van der Waals surface area contributed by atoms with E-state index in [1.54, 1.807) is 0 Å². The van der Waals surface area contributed by atoms with Crippen molar-refractivity contribution < 1.29 is 4.79 Å². The van der Waals surface area contributed by atoms with Gasteiger partial charge in [-0.05, 0) is 44.4 Å². The van der Waals surface area contributed by atoms with Crippen molar-refractivity contribution in [3.63, 3.8) is 0 Å². The molecule has 2 fully saturated rings. The van der Waals surface area contributed by atoms with Gasteiger partial charge >= 0.3 is 0 Å². The van der Waals surface area contributed by atoms with Crippen LogP contribution < -0.4 is 0 Å². The summed E-state index contributed by atoms with van der Waals surface area (Å²) in [6.07, 6.45) is 7.11. The van der Waals surface area contributed by atoms with Crippen molar-refractivity contribution in [2.45, 2.75) is 52.4 Å². The zero-order valence-electron chi connectivity index (χ0n) is 10.1. The van der Waals surface area contributed by atoms with Crippen LogP contribution >= 0.6 is 0 Å². The summed E-state index contributed by atoms with van der Waals surface area (Å²) in [6.45, 7) is 6.48. The molecular formula is C13H23NO. The summed E-state index contributed by atoms with van der Waals surface area (Å²) in [5, 5.41) is 0. The molecule has 1 saturated heterocycles. The molecule has 1 heterocycles. The Balaban J connectivity index is 1.94. The van der Waals surface area contributed by atoms with Gasteiger partial charge in [0.05, 0.1) is 0 Å². The highest BCUT2D eigenvalue weighted by Gasteiger charge is 2.51. The van der Waals surface area contributed by atoms with Crippen molar-refractivity contribution in [3.8, 4) is 0 Å². The van der Waals surface area contributed by atoms with Crippen LogP contribution in [-0.2, 0) is 4.79 Å². The molecule has 1 aliphatic heterocycles. The molecule has 0 bridgehead atoms. The Labute approximate surface area is 93.0 Å². The highest BCUT2D eigenvalue weighted by atomic mass is 16.2. The molecule has 15 heavy (non-hydrogen) atoms. The Morgan fingerprint density at radius 3 is 2.27 bits per heavy atom. The van der Waals surface area contributed by atoms with Crippen molar-refractivity contribution in [1.29, 1.82) is 0 Å². The summed E-state index contributed by atoms with van der Waals surface area (Å²) in [5.41, 5.74) is 0.0749. The van der Waals surface area contributed by atoms with Gasteiger partial charge in [-0.2, -0.15) is 0 Å². The molecule has 0 radical (unpaired) electrons. The summed E-state index contributed by atoms with van der Waals surface area (Å²) in [7, 11) is 0. The van der Waals surface area contributed by atoms with Gasteiger partial charge in [-0.1, -0.05) is 13.8 Å². The lowest BCUT2D eigenvalue weighted by Gasteiger charge is -2.31. The third kappa shape index (κ3) is 2.35. The quantitative estimate of drug-likeness (QED) is 0.700. The molecule has 0 unspecified atom stereocenters. The van der Waals surface area contributed by atoms with Crippen LogP contribution in [0.4, 0.5) is 0 Å². The summed E-state index contributed by atoms with van der Waals surface area (Å²) < 4.78 is 0. The Morgan fingerprint density at radius 1 is 1.20 bits per heavy atom. The average molecular weight is 209 g/mol. The highest BCUT2D eigenvalue weighted by Crippen LogP contribution is 2.52. The smallest absolute Gasteiger partial charge is 0.228 e. The standard InChI is InChI=1S/C13H23NO/c1-11(2)10-13(6-7-13)12(15)14-8-4-3-5-9-14/h11H,3-10H2,1-2H3. The van der Waals surface area contributed by atoms with Gasteiger partial charge < -0.3 is 4.90 Å². The van der Waals surface area contributed by atoms with E-state index in [0.717, 1.165) is 32.4 Å². The number of piperidine rings is 1. The molecule has 2 heteroatoms. The van der Waals surface area contributed by atoms with Crippen LogP contribution in [-0.4, -0.2) is 23.9 Å². The molecule has 1 amide bonds. The molecule has 1 saturated carbocycles. The van der Waals surface area contributed by atoms with E-state index < -0.39 is 0 Å². The zero-order chi connectivity index (χ0) is 10.9.